The van der Waals surface area contributed by atoms with Crippen LogP contribution < -0.4 is 11.1 Å². The predicted molar refractivity (Wildman–Crippen MR) is 104 cm³/mol. The Morgan fingerprint density at radius 3 is 2.46 bits per heavy atom. The normalized spacial score (nSPS) is 18.7. The van der Waals surface area contributed by atoms with E-state index in [1.807, 2.05) is 12.1 Å². The van der Waals surface area contributed by atoms with Gasteiger partial charge in [0.25, 0.3) is 0 Å². The zero-order valence-corrected chi connectivity index (χ0v) is 16.6. The monoisotopic (exact) mass is 401 g/mol. The van der Waals surface area contributed by atoms with E-state index in [2.05, 4.69) is 5.32 Å². The molecular weight excluding hydrogens is 374 g/mol. The number of piperidine rings is 1. The first kappa shape index (κ1) is 21.2. The molecule has 0 bridgehead atoms. The van der Waals surface area contributed by atoms with E-state index in [0.29, 0.717) is 43.9 Å². The molecule has 0 radical (unpaired) electrons. The second kappa shape index (κ2) is 9.17. The molecule has 6 nitrogen and oxygen atoms in total. The van der Waals surface area contributed by atoms with E-state index in [-0.39, 0.29) is 24.2 Å². The third-order valence-electron chi connectivity index (χ3n) is 5.23. The zero-order chi connectivity index (χ0) is 17.9. The number of carbonyl (C=O) groups excluding carboxylic acids is 1. The molecule has 3 rings (SSSR count). The Balaban J connectivity index is 0.00000243. The Morgan fingerprint density at radius 2 is 1.81 bits per heavy atom. The minimum Gasteiger partial charge on any atom is -0.355 e. The van der Waals surface area contributed by atoms with E-state index in [4.69, 9.17) is 5.73 Å². The summed E-state index contributed by atoms with van der Waals surface area (Å²) in [4.78, 5) is 12.4. The van der Waals surface area contributed by atoms with Crippen molar-refractivity contribution >= 4 is 28.3 Å². The van der Waals surface area contributed by atoms with E-state index in [1.54, 1.807) is 6.07 Å². The van der Waals surface area contributed by atoms with Crippen LogP contribution in [0.4, 0.5) is 0 Å². The van der Waals surface area contributed by atoms with Crippen molar-refractivity contribution in [3.8, 4) is 0 Å². The molecule has 1 aliphatic carbocycles. The van der Waals surface area contributed by atoms with Crippen molar-refractivity contribution in [1.29, 1.82) is 0 Å². The fourth-order valence-corrected chi connectivity index (χ4v) is 5.24. The molecule has 26 heavy (non-hydrogen) atoms. The number of rotatable bonds is 5. The minimum atomic E-state index is -3.48. The van der Waals surface area contributed by atoms with Crippen LogP contribution in [0.3, 0.4) is 0 Å². The molecule has 1 fully saturated rings. The standard InChI is InChI=1S/C18H27N3O3S.ClH/c19-9-10-20-18(22)15-7-11-21(12-8-15)25(23,24)17-6-5-14-3-1-2-4-16(14)13-17;/h5-6,13,15H,1-4,7-12,19H2,(H,20,22);1H. The Labute approximate surface area is 162 Å². The van der Waals surface area contributed by atoms with E-state index in [1.165, 1.54) is 21.9 Å². The molecule has 0 spiro atoms. The van der Waals surface area contributed by atoms with E-state index in [9.17, 15) is 13.2 Å². The van der Waals surface area contributed by atoms with Crippen LogP contribution in [0, 0.1) is 5.92 Å². The van der Waals surface area contributed by atoms with Gasteiger partial charge < -0.3 is 11.1 Å². The average Bonchev–Trinajstić information content (AvgIpc) is 2.65. The summed E-state index contributed by atoms with van der Waals surface area (Å²) in [6, 6.07) is 5.55. The minimum absolute atomic E-state index is 0. The molecule has 2 aliphatic rings. The fraction of sp³-hybridized carbons (Fsp3) is 0.611. The Hall–Kier alpha value is -1.15. The highest BCUT2D eigenvalue weighted by Crippen LogP contribution is 2.28. The molecule has 1 amide bonds. The Bertz CT molecular complexity index is 731. The van der Waals surface area contributed by atoms with Crippen molar-refractivity contribution in [3.63, 3.8) is 0 Å². The van der Waals surface area contributed by atoms with Gasteiger partial charge in [0.2, 0.25) is 15.9 Å². The molecule has 8 heteroatoms. The number of halogens is 1. The smallest absolute Gasteiger partial charge is 0.243 e. The van der Waals surface area contributed by atoms with E-state index < -0.39 is 10.0 Å². The van der Waals surface area contributed by atoms with Crippen LogP contribution in [0.5, 0.6) is 0 Å². The SMILES string of the molecule is Cl.NCCNC(=O)C1CCN(S(=O)(=O)c2ccc3c(c2)CCCC3)CC1. The van der Waals surface area contributed by atoms with Gasteiger partial charge in [-0.2, -0.15) is 4.31 Å². The lowest BCUT2D eigenvalue weighted by atomic mass is 9.92. The van der Waals surface area contributed by atoms with Crippen LogP contribution in [0.25, 0.3) is 0 Å². The van der Waals surface area contributed by atoms with Crippen molar-refractivity contribution in [3.05, 3.63) is 29.3 Å². The number of aryl methyl sites for hydroxylation is 2. The average molecular weight is 402 g/mol. The highest BCUT2D eigenvalue weighted by Gasteiger charge is 2.32. The Morgan fingerprint density at radius 1 is 1.15 bits per heavy atom. The van der Waals surface area contributed by atoms with Gasteiger partial charge in [-0.3, -0.25) is 4.79 Å². The first-order chi connectivity index (χ1) is 12.0. The van der Waals surface area contributed by atoms with Gasteiger partial charge in [-0.15, -0.1) is 12.4 Å². The number of hydrogen-bond acceptors (Lipinski definition) is 4. The molecule has 0 saturated carbocycles. The van der Waals surface area contributed by atoms with Crippen LogP contribution in [0.1, 0.15) is 36.8 Å². The third kappa shape index (κ3) is 4.57. The summed E-state index contributed by atoms with van der Waals surface area (Å²) < 4.78 is 27.4. The first-order valence-electron chi connectivity index (χ1n) is 9.12. The van der Waals surface area contributed by atoms with Gasteiger partial charge in [0.1, 0.15) is 0 Å². The largest absolute Gasteiger partial charge is 0.355 e. The second-order valence-electron chi connectivity index (χ2n) is 6.90. The number of hydrogen-bond donors (Lipinski definition) is 2. The molecule has 1 aliphatic heterocycles. The summed E-state index contributed by atoms with van der Waals surface area (Å²) in [6.07, 6.45) is 5.42. The van der Waals surface area contributed by atoms with Crippen LogP contribution >= 0.6 is 12.4 Å². The van der Waals surface area contributed by atoms with Gasteiger partial charge in [-0.25, -0.2) is 8.42 Å². The van der Waals surface area contributed by atoms with Crippen molar-refractivity contribution in [2.45, 2.75) is 43.4 Å². The molecule has 0 atom stereocenters. The van der Waals surface area contributed by atoms with Crippen LogP contribution in [0.2, 0.25) is 0 Å². The summed E-state index contributed by atoms with van der Waals surface area (Å²) >= 11 is 0. The van der Waals surface area contributed by atoms with Crippen molar-refractivity contribution in [2.24, 2.45) is 11.7 Å². The zero-order valence-electron chi connectivity index (χ0n) is 14.9. The summed E-state index contributed by atoms with van der Waals surface area (Å²) in [5.74, 6) is -0.141. The van der Waals surface area contributed by atoms with Gasteiger partial charge in [0.15, 0.2) is 0 Å². The summed E-state index contributed by atoms with van der Waals surface area (Å²) in [5.41, 5.74) is 7.84. The topological polar surface area (TPSA) is 92.5 Å². The molecule has 1 heterocycles. The number of benzene rings is 1. The highest BCUT2D eigenvalue weighted by atomic mass is 35.5. The van der Waals surface area contributed by atoms with Crippen molar-refractivity contribution in [2.75, 3.05) is 26.2 Å². The van der Waals surface area contributed by atoms with Gasteiger partial charge in [-0.05, 0) is 61.8 Å². The number of nitrogens with one attached hydrogen (secondary N) is 1. The van der Waals surface area contributed by atoms with Crippen LogP contribution in [-0.2, 0) is 27.7 Å². The number of fused-ring (bicyclic) bond motifs is 1. The molecule has 1 aromatic carbocycles. The highest BCUT2D eigenvalue weighted by molar-refractivity contribution is 7.89. The fourth-order valence-electron chi connectivity index (χ4n) is 3.72. The number of amides is 1. The lowest BCUT2D eigenvalue weighted by Gasteiger charge is -2.31. The van der Waals surface area contributed by atoms with Crippen molar-refractivity contribution < 1.29 is 13.2 Å². The molecular formula is C18H28ClN3O3S. The van der Waals surface area contributed by atoms with Gasteiger partial charge in [0.05, 0.1) is 4.90 Å². The van der Waals surface area contributed by atoms with Gasteiger partial charge in [-0.1, -0.05) is 6.07 Å². The quantitative estimate of drug-likeness (QED) is 0.781. The van der Waals surface area contributed by atoms with Crippen LogP contribution in [-0.4, -0.2) is 44.8 Å². The summed E-state index contributed by atoms with van der Waals surface area (Å²) in [5, 5.41) is 2.79. The molecule has 0 aromatic heterocycles. The molecule has 146 valence electrons. The maximum Gasteiger partial charge on any atom is 0.243 e. The second-order valence-corrected chi connectivity index (χ2v) is 8.83. The predicted octanol–water partition coefficient (Wildman–Crippen LogP) is 1.46. The molecule has 1 saturated heterocycles. The number of carbonyl (C=O) groups is 1. The van der Waals surface area contributed by atoms with Crippen LogP contribution in [0.15, 0.2) is 23.1 Å². The molecule has 3 N–H and O–H groups in total. The third-order valence-corrected chi connectivity index (χ3v) is 7.12. The van der Waals surface area contributed by atoms with Gasteiger partial charge >= 0.3 is 0 Å². The maximum absolute atomic E-state index is 12.9. The lowest BCUT2D eigenvalue weighted by Crippen LogP contribution is -2.43. The van der Waals surface area contributed by atoms with Gasteiger partial charge in [0, 0.05) is 32.1 Å². The van der Waals surface area contributed by atoms with E-state index >= 15 is 0 Å². The summed E-state index contributed by atoms with van der Waals surface area (Å²) in [6.45, 7) is 1.66. The lowest BCUT2D eigenvalue weighted by molar-refractivity contribution is -0.126. The Kier molecular flexibility index (Phi) is 7.46. The molecule has 0 unspecified atom stereocenters. The number of nitrogens with two attached hydrogens (primary N) is 1. The van der Waals surface area contributed by atoms with Crippen molar-refractivity contribution in [1.82, 2.24) is 9.62 Å². The number of nitrogens with zero attached hydrogens (tertiary/aromatic N) is 1. The van der Waals surface area contributed by atoms with E-state index in [0.717, 1.165) is 19.3 Å². The first-order valence-corrected chi connectivity index (χ1v) is 10.6. The maximum atomic E-state index is 12.9. The number of sulfonamides is 1. The summed E-state index contributed by atoms with van der Waals surface area (Å²) in [7, 11) is -3.48. The molecule has 1 aromatic rings.